The van der Waals surface area contributed by atoms with Crippen LogP contribution in [0.5, 0.6) is 5.75 Å². The van der Waals surface area contributed by atoms with Gasteiger partial charge in [0.25, 0.3) is 0 Å². The van der Waals surface area contributed by atoms with Crippen LogP contribution in [-0.2, 0) is 0 Å². The fourth-order valence-corrected chi connectivity index (χ4v) is 3.13. The SMILES string of the molecule is CC(CC1CCCN1)Nc1cccc2c(O)cccc12. The lowest BCUT2D eigenvalue weighted by Crippen LogP contribution is -2.29. The fraction of sp³-hybridized carbons (Fsp3) is 0.412. The van der Waals surface area contributed by atoms with E-state index in [0.29, 0.717) is 17.8 Å². The molecule has 0 aliphatic carbocycles. The van der Waals surface area contributed by atoms with E-state index >= 15 is 0 Å². The molecule has 1 heterocycles. The molecule has 2 aromatic carbocycles. The van der Waals surface area contributed by atoms with Crippen molar-refractivity contribution in [2.24, 2.45) is 0 Å². The Bertz CT molecular complexity index is 591. The van der Waals surface area contributed by atoms with E-state index in [2.05, 4.69) is 29.7 Å². The molecule has 0 saturated carbocycles. The van der Waals surface area contributed by atoms with Gasteiger partial charge >= 0.3 is 0 Å². The molecule has 1 aliphatic heterocycles. The van der Waals surface area contributed by atoms with Gasteiger partial charge in [-0.3, -0.25) is 0 Å². The summed E-state index contributed by atoms with van der Waals surface area (Å²) in [5.41, 5.74) is 1.10. The first-order chi connectivity index (χ1) is 9.74. The lowest BCUT2D eigenvalue weighted by molar-refractivity contribution is 0.481. The number of phenols is 1. The number of rotatable bonds is 4. The molecule has 2 atom stereocenters. The summed E-state index contributed by atoms with van der Waals surface area (Å²) in [7, 11) is 0. The third-order valence-electron chi connectivity index (χ3n) is 4.10. The molecule has 3 N–H and O–H groups in total. The van der Waals surface area contributed by atoms with Crippen LogP contribution in [-0.4, -0.2) is 23.7 Å². The predicted molar refractivity (Wildman–Crippen MR) is 84.3 cm³/mol. The van der Waals surface area contributed by atoms with Gasteiger partial charge in [0.1, 0.15) is 5.75 Å². The van der Waals surface area contributed by atoms with Gasteiger partial charge < -0.3 is 15.7 Å². The van der Waals surface area contributed by atoms with E-state index in [-0.39, 0.29) is 0 Å². The van der Waals surface area contributed by atoms with Crippen molar-refractivity contribution in [2.45, 2.75) is 38.3 Å². The van der Waals surface area contributed by atoms with Gasteiger partial charge in [0, 0.05) is 28.5 Å². The summed E-state index contributed by atoms with van der Waals surface area (Å²) in [5.74, 6) is 0.344. The number of hydrogen-bond donors (Lipinski definition) is 3. The van der Waals surface area contributed by atoms with E-state index in [4.69, 9.17) is 0 Å². The number of benzene rings is 2. The number of aromatic hydroxyl groups is 1. The summed E-state index contributed by atoms with van der Waals surface area (Å²) in [5, 5.41) is 19.0. The maximum Gasteiger partial charge on any atom is 0.123 e. The molecular formula is C17H22N2O. The highest BCUT2D eigenvalue weighted by Crippen LogP contribution is 2.30. The van der Waals surface area contributed by atoms with Crippen LogP contribution >= 0.6 is 0 Å². The summed E-state index contributed by atoms with van der Waals surface area (Å²) in [6, 6.07) is 12.8. The highest BCUT2D eigenvalue weighted by Gasteiger charge is 2.17. The Morgan fingerprint density at radius 2 is 2.05 bits per heavy atom. The van der Waals surface area contributed by atoms with E-state index in [9.17, 15) is 5.11 Å². The number of nitrogens with one attached hydrogen (secondary N) is 2. The van der Waals surface area contributed by atoms with Crippen molar-refractivity contribution in [2.75, 3.05) is 11.9 Å². The van der Waals surface area contributed by atoms with Gasteiger partial charge in [-0.05, 0) is 44.9 Å². The normalized spacial score (nSPS) is 20.1. The molecule has 1 saturated heterocycles. The summed E-state index contributed by atoms with van der Waals surface area (Å²) in [4.78, 5) is 0. The Kier molecular flexibility index (Phi) is 3.79. The number of hydrogen-bond acceptors (Lipinski definition) is 3. The maximum absolute atomic E-state index is 9.92. The highest BCUT2D eigenvalue weighted by atomic mass is 16.3. The number of anilines is 1. The van der Waals surface area contributed by atoms with E-state index in [1.165, 1.54) is 12.8 Å². The lowest BCUT2D eigenvalue weighted by atomic mass is 10.0. The molecular weight excluding hydrogens is 248 g/mol. The second kappa shape index (κ2) is 5.71. The van der Waals surface area contributed by atoms with Crippen LogP contribution in [0, 0.1) is 0 Å². The van der Waals surface area contributed by atoms with Crippen molar-refractivity contribution in [3.8, 4) is 5.75 Å². The maximum atomic E-state index is 9.92. The van der Waals surface area contributed by atoms with Crippen LogP contribution in [0.4, 0.5) is 5.69 Å². The topological polar surface area (TPSA) is 44.3 Å². The molecule has 0 bridgehead atoms. The quantitative estimate of drug-likeness (QED) is 0.797. The summed E-state index contributed by atoms with van der Waals surface area (Å²) < 4.78 is 0. The van der Waals surface area contributed by atoms with E-state index in [1.807, 2.05) is 18.2 Å². The minimum absolute atomic E-state index is 0.344. The van der Waals surface area contributed by atoms with Gasteiger partial charge in [0.2, 0.25) is 0 Å². The van der Waals surface area contributed by atoms with Gasteiger partial charge in [0.15, 0.2) is 0 Å². The molecule has 20 heavy (non-hydrogen) atoms. The van der Waals surface area contributed by atoms with Gasteiger partial charge in [-0.2, -0.15) is 0 Å². The van der Waals surface area contributed by atoms with Crippen LogP contribution in [0.25, 0.3) is 10.8 Å². The monoisotopic (exact) mass is 270 g/mol. The van der Waals surface area contributed by atoms with E-state index in [0.717, 1.165) is 29.4 Å². The Hall–Kier alpha value is -1.74. The fourth-order valence-electron chi connectivity index (χ4n) is 3.13. The third-order valence-corrected chi connectivity index (χ3v) is 4.10. The lowest BCUT2D eigenvalue weighted by Gasteiger charge is -2.20. The molecule has 0 amide bonds. The van der Waals surface area contributed by atoms with E-state index < -0.39 is 0 Å². The Labute approximate surface area is 120 Å². The number of phenolic OH excluding ortho intramolecular Hbond substituents is 1. The molecule has 0 spiro atoms. The second-order valence-electron chi connectivity index (χ2n) is 5.75. The van der Waals surface area contributed by atoms with Crippen LogP contribution in [0.3, 0.4) is 0 Å². The second-order valence-corrected chi connectivity index (χ2v) is 5.75. The molecule has 3 nitrogen and oxygen atoms in total. The van der Waals surface area contributed by atoms with Crippen molar-refractivity contribution in [1.29, 1.82) is 0 Å². The minimum Gasteiger partial charge on any atom is -0.507 e. The van der Waals surface area contributed by atoms with Crippen LogP contribution in [0.1, 0.15) is 26.2 Å². The zero-order chi connectivity index (χ0) is 13.9. The summed E-state index contributed by atoms with van der Waals surface area (Å²) in [6.07, 6.45) is 3.71. The van der Waals surface area contributed by atoms with Crippen molar-refractivity contribution in [3.63, 3.8) is 0 Å². The van der Waals surface area contributed by atoms with Crippen molar-refractivity contribution < 1.29 is 5.11 Å². The van der Waals surface area contributed by atoms with Crippen LogP contribution < -0.4 is 10.6 Å². The Balaban J connectivity index is 1.78. The van der Waals surface area contributed by atoms with Crippen LogP contribution in [0.2, 0.25) is 0 Å². The molecule has 1 fully saturated rings. The predicted octanol–water partition coefficient (Wildman–Crippen LogP) is 3.49. The first kappa shape index (κ1) is 13.3. The van der Waals surface area contributed by atoms with Gasteiger partial charge in [0.05, 0.1) is 0 Å². The average Bonchev–Trinajstić information content (AvgIpc) is 2.93. The smallest absolute Gasteiger partial charge is 0.123 e. The van der Waals surface area contributed by atoms with E-state index in [1.54, 1.807) is 6.07 Å². The molecule has 3 heteroatoms. The molecule has 2 unspecified atom stereocenters. The number of fused-ring (bicyclic) bond motifs is 1. The van der Waals surface area contributed by atoms with Gasteiger partial charge in [-0.25, -0.2) is 0 Å². The molecule has 1 aliphatic rings. The Morgan fingerprint density at radius 1 is 1.25 bits per heavy atom. The standard InChI is InChI=1S/C17H22N2O/c1-12(11-13-5-4-10-18-13)19-16-8-2-7-15-14(16)6-3-9-17(15)20/h2-3,6-9,12-13,18-20H,4-5,10-11H2,1H3. The summed E-state index contributed by atoms with van der Waals surface area (Å²) >= 11 is 0. The molecule has 0 radical (unpaired) electrons. The molecule has 106 valence electrons. The highest BCUT2D eigenvalue weighted by molar-refractivity contribution is 5.97. The van der Waals surface area contributed by atoms with Gasteiger partial charge in [-0.15, -0.1) is 0 Å². The van der Waals surface area contributed by atoms with Gasteiger partial charge in [-0.1, -0.05) is 24.3 Å². The van der Waals surface area contributed by atoms with Crippen LogP contribution in [0.15, 0.2) is 36.4 Å². The molecule has 3 rings (SSSR count). The van der Waals surface area contributed by atoms with Crippen molar-refractivity contribution in [3.05, 3.63) is 36.4 Å². The molecule has 0 aromatic heterocycles. The Morgan fingerprint density at radius 3 is 2.85 bits per heavy atom. The largest absolute Gasteiger partial charge is 0.507 e. The minimum atomic E-state index is 0.344. The van der Waals surface area contributed by atoms with Crippen molar-refractivity contribution >= 4 is 16.5 Å². The average molecular weight is 270 g/mol. The zero-order valence-corrected chi connectivity index (χ0v) is 11.9. The summed E-state index contributed by atoms with van der Waals surface area (Å²) in [6.45, 7) is 3.38. The third kappa shape index (κ3) is 2.73. The molecule has 2 aromatic rings. The van der Waals surface area contributed by atoms with Crippen molar-refractivity contribution in [1.82, 2.24) is 5.32 Å². The zero-order valence-electron chi connectivity index (χ0n) is 11.9. The first-order valence-electron chi connectivity index (χ1n) is 7.44. The first-order valence-corrected chi connectivity index (χ1v) is 7.44.